The van der Waals surface area contributed by atoms with Crippen LogP contribution in [0.25, 0.3) is 0 Å². The topological polar surface area (TPSA) is 89.5 Å². The molecule has 1 saturated heterocycles. The molecule has 0 bridgehead atoms. The summed E-state index contributed by atoms with van der Waals surface area (Å²) in [5.74, 6) is -0.0863. The molecule has 2 rings (SSSR count). The maximum atomic E-state index is 12.1. The number of hydrogen-bond acceptors (Lipinski definition) is 4. The van der Waals surface area contributed by atoms with Gasteiger partial charge in [-0.1, -0.05) is 0 Å². The van der Waals surface area contributed by atoms with Crippen LogP contribution in [-0.2, 0) is 0 Å². The summed E-state index contributed by atoms with van der Waals surface area (Å²) in [6.07, 6.45) is 1.61. The van der Waals surface area contributed by atoms with E-state index < -0.39 is 4.92 Å². The number of rotatable bonds is 2. The zero-order chi connectivity index (χ0) is 13.1. The van der Waals surface area contributed by atoms with Crippen molar-refractivity contribution < 1.29 is 9.72 Å². The fourth-order valence-electron chi connectivity index (χ4n) is 2.01. The van der Waals surface area contributed by atoms with Crippen molar-refractivity contribution in [1.82, 2.24) is 4.90 Å². The lowest BCUT2D eigenvalue weighted by atomic mass is 10.0. The lowest BCUT2D eigenvalue weighted by molar-refractivity contribution is -0.384. The van der Waals surface area contributed by atoms with Gasteiger partial charge in [-0.25, -0.2) is 0 Å². The Bertz CT molecular complexity index is 450. The van der Waals surface area contributed by atoms with Crippen molar-refractivity contribution in [3.63, 3.8) is 0 Å². The molecule has 0 aromatic heterocycles. The van der Waals surface area contributed by atoms with Crippen LogP contribution in [0.2, 0.25) is 0 Å². The van der Waals surface area contributed by atoms with Crippen molar-refractivity contribution in [2.45, 2.75) is 18.9 Å². The van der Waals surface area contributed by atoms with Gasteiger partial charge in [0.25, 0.3) is 11.6 Å². The first-order valence-electron chi connectivity index (χ1n) is 5.87. The molecule has 0 atom stereocenters. The lowest BCUT2D eigenvalue weighted by Crippen LogP contribution is -2.42. The van der Waals surface area contributed by atoms with E-state index >= 15 is 0 Å². The highest BCUT2D eigenvalue weighted by molar-refractivity contribution is 5.94. The third-order valence-electron chi connectivity index (χ3n) is 3.15. The molecule has 18 heavy (non-hydrogen) atoms. The molecular weight excluding hydrogens is 234 g/mol. The van der Waals surface area contributed by atoms with Crippen LogP contribution in [0.5, 0.6) is 0 Å². The van der Waals surface area contributed by atoms with Gasteiger partial charge in [0.15, 0.2) is 0 Å². The summed E-state index contributed by atoms with van der Waals surface area (Å²) in [6.45, 7) is 1.30. The number of nitro groups is 1. The van der Waals surface area contributed by atoms with Crippen molar-refractivity contribution in [2.24, 2.45) is 5.73 Å². The highest BCUT2D eigenvalue weighted by atomic mass is 16.6. The standard InChI is InChI=1S/C12H15N3O3/c13-10-5-7-14(8-6-10)12(16)9-1-3-11(4-2-9)15(17)18/h1-4,10H,5-8,13H2. The first-order chi connectivity index (χ1) is 8.58. The third kappa shape index (κ3) is 2.65. The summed E-state index contributed by atoms with van der Waals surface area (Å²) in [4.78, 5) is 23.9. The van der Waals surface area contributed by atoms with Gasteiger partial charge in [0, 0.05) is 36.8 Å². The van der Waals surface area contributed by atoms with Crippen LogP contribution in [0.3, 0.4) is 0 Å². The van der Waals surface area contributed by atoms with Gasteiger partial charge in [-0.05, 0) is 25.0 Å². The predicted octanol–water partition coefficient (Wildman–Crippen LogP) is 1.16. The molecule has 1 aliphatic rings. The maximum absolute atomic E-state index is 12.1. The molecule has 0 spiro atoms. The number of amides is 1. The highest BCUT2D eigenvalue weighted by Crippen LogP contribution is 2.16. The number of likely N-dealkylation sites (tertiary alicyclic amines) is 1. The fraction of sp³-hybridized carbons (Fsp3) is 0.417. The number of benzene rings is 1. The number of nitrogens with two attached hydrogens (primary N) is 1. The Balaban J connectivity index is 2.07. The molecule has 1 aromatic rings. The Labute approximate surface area is 105 Å². The molecule has 0 aliphatic carbocycles. The first-order valence-corrected chi connectivity index (χ1v) is 5.87. The van der Waals surface area contributed by atoms with Crippen LogP contribution in [0.1, 0.15) is 23.2 Å². The Kier molecular flexibility index (Phi) is 3.57. The van der Waals surface area contributed by atoms with Crippen LogP contribution in [-0.4, -0.2) is 34.9 Å². The summed E-state index contributed by atoms with van der Waals surface area (Å²) in [7, 11) is 0. The minimum absolute atomic E-state index is 0.00721. The van der Waals surface area contributed by atoms with Gasteiger partial charge in [-0.15, -0.1) is 0 Å². The second-order valence-corrected chi connectivity index (χ2v) is 4.43. The number of carbonyl (C=O) groups is 1. The summed E-state index contributed by atoms with van der Waals surface area (Å²) >= 11 is 0. The van der Waals surface area contributed by atoms with E-state index in [-0.39, 0.29) is 17.6 Å². The second-order valence-electron chi connectivity index (χ2n) is 4.43. The van der Waals surface area contributed by atoms with Crippen LogP contribution >= 0.6 is 0 Å². The number of nitro benzene ring substituents is 1. The minimum atomic E-state index is -0.478. The fourth-order valence-corrected chi connectivity index (χ4v) is 2.01. The van der Waals surface area contributed by atoms with Crippen molar-refractivity contribution in [3.05, 3.63) is 39.9 Å². The minimum Gasteiger partial charge on any atom is -0.339 e. The van der Waals surface area contributed by atoms with Gasteiger partial charge >= 0.3 is 0 Å². The van der Waals surface area contributed by atoms with Gasteiger partial charge in [-0.2, -0.15) is 0 Å². The summed E-state index contributed by atoms with van der Waals surface area (Å²) in [5, 5.41) is 10.5. The van der Waals surface area contributed by atoms with Crippen molar-refractivity contribution >= 4 is 11.6 Å². The molecule has 2 N–H and O–H groups in total. The molecule has 6 nitrogen and oxygen atoms in total. The molecule has 1 amide bonds. The Morgan fingerprint density at radius 3 is 2.33 bits per heavy atom. The zero-order valence-electron chi connectivity index (χ0n) is 9.91. The van der Waals surface area contributed by atoms with Gasteiger partial charge in [0.2, 0.25) is 0 Å². The largest absolute Gasteiger partial charge is 0.339 e. The summed E-state index contributed by atoms with van der Waals surface area (Å²) in [6, 6.07) is 5.86. The van der Waals surface area contributed by atoms with E-state index in [0.29, 0.717) is 18.7 Å². The van der Waals surface area contributed by atoms with E-state index in [1.165, 1.54) is 24.3 Å². The molecule has 96 valence electrons. The first kappa shape index (κ1) is 12.5. The smallest absolute Gasteiger partial charge is 0.269 e. The SMILES string of the molecule is NC1CCN(C(=O)c2ccc([N+](=O)[O-])cc2)CC1. The van der Waals surface area contributed by atoms with Crippen molar-refractivity contribution in [3.8, 4) is 0 Å². The van der Waals surface area contributed by atoms with E-state index in [1.54, 1.807) is 4.90 Å². The average molecular weight is 249 g/mol. The number of hydrogen-bond donors (Lipinski definition) is 1. The number of piperidine rings is 1. The second kappa shape index (κ2) is 5.14. The van der Waals surface area contributed by atoms with Gasteiger partial charge in [-0.3, -0.25) is 14.9 Å². The molecule has 0 unspecified atom stereocenters. The average Bonchev–Trinajstić information content (AvgIpc) is 2.39. The Hall–Kier alpha value is -1.95. The maximum Gasteiger partial charge on any atom is 0.269 e. The van der Waals surface area contributed by atoms with E-state index in [0.717, 1.165) is 12.8 Å². The van der Waals surface area contributed by atoms with Crippen LogP contribution in [0, 0.1) is 10.1 Å². The number of nitrogens with zero attached hydrogens (tertiary/aromatic N) is 2. The molecular formula is C12H15N3O3. The molecule has 1 heterocycles. The van der Waals surface area contributed by atoms with E-state index in [1.807, 2.05) is 0 Å². The van der Waals surface area contributed by atoms with E-state index in [2.05, 4.69) is 0 Å². The lowest BCUT2D eigenvalue weighted by Gasteiger charge is -2.30. The number of non-ortho nitro benzene ring substituents is 1. The highest BCUT2D eigenvalue weighted by Gasteiger charge is 2.21. The number of carbonyl (C=O) groups excluding carboxylic acids is 1. The molecule has 1 fully saturated rings. The quantitative estimate of drug-likeness (QED) is 0.629. The molecule has 1 aromatic carbocycles. The van der Waals surface area contributed by atoms with Crippen LogP contribution in [0.4, 0.5) is 5.69 Å². The normalized spacial score (nSPS) is 16.6. The summed E-state index contributed by atoms with van der Waals surface area (Å²) in [5.41, 5.74) is 6.25. The summed E-state index contributed by atoms with van der Waals surface area (Å²) < 4.78 is 0. The van der Waals surface area contributed by atoms with Gasteiger partial charge in [0.05, 0.1) is 4.92 Å². The third-order valence-corrected chi connectivity index (χ3v) is 3.15. The van der Waals surface area contributed by atoms with E-state index in [9.17, 15) is 14.9 Å². The molecule has 0 saturated carbocycles. The van der Waals surface area contributed by atoms with Crippen molar-refractivity contribution in [1.29, 1.82) is 0 Å². The van der Waals surface area contributed by atoms with Gasteiger partial charge < -0.3 is 10.6 Å². The van der Waals surface area contributed by atoms with Crippen LogP contribution < -0.4 is 5.73 Å². The Morgan fingerprint density at radius 2 is 1.83 bits per heavy atom. The molecule has 1 aliphatic heterocycles. The Morgan fingerprint density at radius 1 is 1.28 bits per heavy atom. The monoisotopic (exact) mass is 249 g/mol. The van der Waals surface area contributed by atoms with Crippen molar-refractivity contribution in [2.75, 3.05) is 13.1 Å². The van der Waals surface area contributed by atoms with Crippen LogP contribution in [0.15, 0.2) is 24.3 Å². The van der Waals surface area contributed by atoms with Gasteiger partial charge in [0.1, 0.15) is 0 Å². The molecule has 0 radical (unpaired) electrons. The zero-order valence-corrected chi connectivity index (χ0v) is 9.91. The predicted molar refractivity (Wildman–Crippen MR) is 66.2 cm³/mol. The van der Waals surface area contributed by atoms with E-state index in [4.69, 9.17) is 5.73 Å². The molecule has 6 heteroatoms.